The fraction of sp³-hybridized carbons (Fsp3) is 0.412. The molecule has 2 heterocycles. The van der Waals surface area contributed by atoms with Gasteiger partial charge < -0.3 is 19.5 Å². The zero-order valence-corrected chi connectivity index (χ0v) is 14.1. The SMILES string of the molecule is CCn1cnnc1C1CN(C(=O)NCc2cccc(C#N)c2)CCO1. The van der Waals surface area contributed by atoms with Crippen molar-refractivity contribution >= 4 is 6.03 Å². The fourth-order valence-corrected chi connectivity index (χ4v) is 2.79. The Morgan fingerprint density at radius 1 is 1.52 bits per heavy atom. The number of rotatable bonds is 4. The van der Waals surface area contributed by atoms with Crippen molar-refractivity contribution in [1.29, 1.82) is 5.26 Å². The molecule has 8 nitrogen and oxygen atoms in total. The number of hydrogen-bond acceptors (Lipinski definition) is 5. The molecule has 3 rings (SSSR count). The minimum absolute atomic E-state index is 0.154. The molecule has 0 saturated carbocycles. The van der Waals surface area contributed by atoms with Crippen LogP contribution in [0, 0.1) is 11.3 Å². The standard InChI is InChI=1S/C17H20N6O2/c1-2-22-12-20-21-16(22)15-11-23(6-7-25-15)17(24)19-10-14-5-3-4-13(8-14)9-18/h3-5,8,12,15H,2,6-7,10-11H2,1H3,(H,19,24). The number of nitrogens with one attached hydrogen (secondary N) is 1. The molecule has 1 unspecified atom stereocenters. The van der Waals surface area contributed by atoms with Crippen LogP contribution in [-0.4, -0.2) is 45.4 Å². The van der Waals surface area contributed by atoms with Crippen molar-refractivity contribution in [2.75, 3.05) is 19.7 Å². The first-order valence-electron chi connectivity index (χ1n) is 8.22. The van der Waals surface area contributed by atoms with Crippen molar-refractivity contribution < 1.29 is 9.53 Å². The first kappa shape index (κ1) is 16.9. The number of aromatic nitrogens is 3. The number of urea groups is 1. The fourth-order valence-electron chi connectivity index (χ4n) is 2.79. The maximum Gasteiger partial charge on any atom is 0.317 e. The van der Waals surface area contributed by atoms with Gasteiger partial charge in [-0.15, -0.1) is 10.2 Å². The summed E-state index contributed by atoms with van der Waals surface area (Å²) in [7, 11) is 0. The summed E-state index contributed by atoms with van der Waals surface area (Å²) < 4.78 is 7.67. The summed E-state index contributed by atoms with van der Waals surface area (Å²) >= 11 is 0. The van der Waals surface area contributed by atoms with E-state index >= 15 is 0 Å². The number of nitrogens with zero attached hydrogens (tertiary/aromatic N) is 5. The molecule has 1 saturated heterocycles. The number of ether oxygens (including phenoxy) is 1. The van der Waals surface area contributed by atoms with E-state index in [2.05, 4.69) is 21.6 Å². The monoisotopic (exact) mass is 340 g/mol. The summed E-state index contributed by atoms with van der Waals surface area (Å²) in [5, 5.41) is 19.9. The number of benzene rings is 1. The maximum absolute atomic E-state index is 12.4. The van der Waals surface area contributed by atoms with Gasteiger partial charge in [0.05, 0.1) is 24.8 Å². The molecule has 0 bridgehead atoms. The van der Waals surface area contributed by atoms with Crippen LogP contribution in [-0.2, 0) is 17.8 Å². The van der Waals surface area contributed by atoms with Crippen molar-refractivity contribution in [2.24, 2.45) is 0 Å². The highest BCUT2D eigenvalue weighted by molar-refractivity contribution is 5.74. The quantitative estimate of drug-likeness (QED) is 0.909. The number of morpholine rings is 1. The van der Waals surface area contributed by atoms with Gasteiger partial charge in [0.1, 0.15) is 12.4 Å². The van der Waals surface area contributed by atoms with Gasteiger partial charge in [-0.05, 0) is 24.6 Å². The minimum atomic E-state index is -0.274. The van der Waals surface area contributed by atoms with E-state index in [4.69, 9.17) is 10.00 Å². The number of carbonyl (C=O) groups excluding carboxylic acids is 1. The van der Waals surface area contributed by atoms with Crippen LogP contribution < -0.4 is 5.32 Å². The van der Waals surface area contributed by atoms with Crippen molar-refractivity contribution in [1.82, 2.24) is 25.0 Å². The predicted molar refractivity (Wildman–Crippen MR) is 89.4 cm³/mol. The number of hydrogen-bond donors (Lipinski definition) is 1. The van der Waals surface area contributed by atoms with Crippen LogP contribution in [0.4, 0.5) is 4.79 Å². The van der Waals surface area contributed by atoms with Crippen LogP contribution >= 0.6 is 0 Å². The lowest BCUT2D eigenvalue weighted by atomic mass is 10.1. The average molecular weight is 340 g/mol. The molecular formula is C17H20N6O2. The number of nitriles is 1. The van der Waals surface area contributed by atoms with E-state index in [-0.39, 0.29) is 12.1 Å². The molecule has 1 aromatic heterocycles. The molecule has 2 amide bonds. The summed E-state index contributed by atoms with van der Waals surface area (Å²) in [4.78, 5) is 14.2. The van der Waals surface area contributed by atoms with Gasteiger partial charge in [-0.3, -0.25) is 0 Å². The molecule has 0 spiro atoms. The predicted octanol–water partition coefficient (Wildman–Crippen LogP) is 1.45. The Morgan fingerprint density at radius 3 is 3.20 bits per heavy atom. The molecular weight excluding hydrogens is 320 g/mol. The molecule has 0 radical (unpaired) electrons. The topological polar surface area (TPSA) is 96.1 Å². The molecule has 130 valence electrons. The highest BCUT2D eigenvalue weighted by atomic mass is 16.5. The normalized spacial score (nSPS) is 17.1. The lowest BCUT2D eigenvalue weighted by Gasteiger charge is -2.32. The average Bonchev–Trinajstić information content (AvgIpc) is 3.15. The molecule has 1 aliphatic heterocycles. The van der Waals surface area contributed by atoms with E-state index in [1.54, 1.807) is 23.4 Å². The van der Waals surface area contributed by atoms with Gasteiger partial charge in [0.2, 0.25) is 0 Å². The summed E-state index contributed by atoms with van der Waals surface area (Å²) in [6.45, 7) is 4.56. The molecule has 8 heteroatoms. The Kier molecular flexibility index (Phi) is 5.26. The summed E-state index contributed by atoms with van der Waals surface area (Å²) in [5.41, 5.74) is 1.47. The third-order valence-electron chi connectivity index (χ3n) is 4.13. The third kappa shape index (κ3) is 3.95. The minimum Gasteiger partial charge on any atom is -0.366 e. The summed E-state index contributed by atoms with van der Waals surface area (Å²) in [5.74, 6) is 0.738. The maximum atomic E-state index is 12.4. The molecule has 2 aromatic rings. The van der Waals surface area contributed by atoms with Gasteiger partial charge in [0.15, 0.2) is 5.82 Å². The van der Waals surface area contributed by atoms with Crippen molar-refractivity contribution in [3.8, 4) is 6.07 Å². The number of carbonyl (C=O) groups is 1. The van der Waals surface area contributed by atoms with Crippen molar-refractivity contribution in [3.05, 3.63) is 47.5 Å². The second-order valence-corrected chi connectivity index (χ2v) is 5.75. The molecule has 25 heavy (non-hydrogen) atoms. The zero-order valence-electron chi connectivity index (χ0n) is 14.1. The van der Waals surface area contributed by atoms with Crippen LogP contribution in [0.5, 0.6) is 0 Å². The van der Waals surface area contributed by atoms with Gasteiger partial charge in [-0.1, -0.05) is 12.1 Å². The van der Waals surface area contributed by atoms with Crippen LogP contribution in [0.3, 0.4) is 0 Å². The van der Waals surface area contributed by atoms with E-state index in [1.165, 1.54) is 0 Å². The Hall–Kier alpha value is -2.92. The lowest BCUT2D eigenvalue weighted by molar-refractivity contribution is -0.0218. The first-order valence-corrected chi connectivity index (χ1v) is 8.22. The first-order chi connectivity index (χ1) is 12.2. The molecule has 0 aliphatic carbocycles. The number of amides is 2. The van der Waals surface area contributed by atoms with Gasteiger partial charge in [0, 0.05) is 19.6 Å². The second-order valence-electron chi connectivity index (χ2n) is 5.75. The van der Waals surface area contributed by atoms with Crippen LogP contribution in [0.25, 0.3) is 0 Å². The Labute approximate surface area is 146 Å². The van der Waals surface area contributed by atoms with E-state index in [0.29, 0.717) is 31.8 Å². The van der Waals surface area contributed by atoms with Crippen LogP contribution in [0.1, 0.15) is 30.0 Å². The number of aryl methyl sites for hydroxylation is 1. The van der Waals surface area contributed by atoms with Crippen LogP contribution in [0.2, 0.25) is 0 Å². The van der Waals surface area contributed by atoms with E-state index in [9.17, 15) is 4.79 Å². The summed E-state index contributed by atoms with van der Waals surface area (Å²) in [6.07, 6.45) is 1.39. The van der Waals surface area contributed by atoms with Crippen molar-refractivity contribution in [3.63, 3.8) is 0 Å². The third-order valence-corrected chi connectivity index (χ3v) is 4.13. The Bertz CT molecular complexity index is 781. The van der Waals surface area contributed by atoms with E-state index < -0.39 is 0 Å². The van der Waals surface area contributed by atoms with Gasteiger partial charge >= 0.3 is 6.03 Å². The van der Waals surface area contributed by atoms with Crippen LogP contribution in [0.15, 0.2) is 30.6 Å². The second kappa shape index (κ2) is 7.77. The molecule has 1 fully saturated rings. The largest absolute Gasteiger partial charge is 0.366 e. The van der Waals surface area contributed by atoms with Gasteiger partial charge in [-0.25, -0.2) is 4.79 Å². The Morgan fingerprint density at radius 2 is 2.40 bits per heavy atom. The Balaban J connectivity index is 1.59. The molecule has 1 aromatic carbocycles. The smallest absolute Gasteiger partial charge is 0.317 e. The highest BCUT2D eigenvalue weighted by Gasteiger charge is 2.28. The highest BCUT2D eigenvalue weighted by Crippen LogP contribution is 2.20. The zero-order chi connectivity index (χ0) is 17.6. The molecule has 1 atom stereocenters. The van der Waals surface area contributed by atoms with Gasteiger partial charge in [-0.2, -0.15) is 5.26 Å². The van der Waals surface area contributed by atoms with E-state index in [1.807, 2.05) is 23.6 Å². The van der Waals surface area contributed by atoms with Crippen molar-refractivity contribution in [2.45, 2.75) is 26.1 Å². The summed E-state index contributed by atoms with van der Waals surface area (Å²) in [6, 6.07) is 9.14. The molecule has 1 N–H and O–H groups in total. The lowest BCUT2D eigenvalue weighted by Crippen LogP contribution is -2.47. The van der Waals surface area contributed by atoms with E-state index in [0.717, 1.165) is 17.9 Å². The van der Waals surface area contributed by atoms with Gasteiger partial charge in [0.25, 0.3) is 0 Å². The molecule has 1 aliphatic rings.